The number of benzene rings is 1. The number of hydrogen-bond acceptors (Lipinski definition) is 7. The standard InChI is InChI=1S/C24H32N4O4S/c1-14(2)32-24(31)20-17(5)21(22(25)30)33-23(20)26-19(29)13-27-10-11-28(16(4)12-27)18-8-6-15(3)7-9-18/h6-9,14,16H,10-13H2,1-5H3,(H2,25,30)(H,26,29)/t16-/m1/s1. The quantitative estimate of drug-likeness (QED) is 0.600. The van der Waals surface area contributed by atoms with Crippen molar-refractivity contribution in [2.45, 2.75) is 46.8 Å². The first kappa shape index (κ1) is 24.7. The molecule has 3 rings (SSSR count). The van der Waals surface area contributed by atoms with E-state index in [1.807, 2.05) is 0 Å². The van der Waals surface area contributed by atoms with Crippen LogP contribution in [0.15, 0.2) is 24.3 Å². The lowest BCUT2D eigenvalue weighted by Crippen LogP contribution is -2.53. The van der Waals surface area contributed by atoms with E-state index in [-0.39, 0.29) is 35.0 Å². The normalized spacial score (nSPS) is 16.7. The Labute approximate surface area is 198 Å². The van der Waals surface area contributed by atoms with Crippen LogP contribution in [0.5, 0.6) is 0 Å². The van der Waals surface area contributed by atoms with Crippen LogP contribution < -0.4 is 16.0 Å². The van der Waals surface area contributed by atoms with Crippen molar-refractivity contribution in [3.8, 4) is 0 Å². The van der Waals surface area contributed by atoms with Crippen LogP contribution in [0.3, 0.4) is 0 Å². The van der Waals surface area contributed by atoms with Gasteiger partial charge < -0.3 is 20.7 Å². The summed E-state index contributed by atoms with van der Waals surface area (Å²) >= 11 is 1.01. The number of hydrogen-bond donors (Lipinski definition) is 2. The number of esters is 1. The summed E-state index contributed by atoms with van der Waals surface area (Å²) in [5.74, 6) is -1.47. The number of ether oxygens (including phenoxy) is 1. The largest absolute Gasteiger partial charge is 0.459 e. The van der Waals surface area contributed by atoms with Crippen LogP contribution in [0, 0.1) is 13.8 Å². The Balaban J connectivity index is 1.67. The van der Waals surface area contributed by atoms with E-state index in [2.05, 4.69) is 53.2 Å². The second-order valence-corrected chi connectivity index (χ2v) is 9.76. The summed E-state index contributed by atoms with van der Waals surface area (Å²) in [5.41, 5.74) is 8.47. The number of nitrogens with zero attached hydrogens (tertiary/aromatic N) is 2. The monoisotopic (exact) mass is 472 g/mol. The highest BCUT2D eigenvalue weighted by atomic mass is 32.1. The van der Waals surface area contributed by atoms with Gasteiger partial charge in [0.25, 0.3) is 5.91 Å². The molecule has 0 radical (unpaired) electrons. The topological polar surface area (TPSA) is 105 Å². The Morgan fingerprint density at radius 3 is 2.42 bits per heavy atom. The van der Waals surface area contributed by atoms with E-state index >= 15 is 0 Å². The molecule has 1 atom stereocenters. The molecule has 8 nitrogen and oxygen atoms in total. The molecule has 178 valence electrons. The number of primary amides is 1. The molecule has 1 fully saturated rings. The minimum atomic E-state index is -0.641. The predicted molar refractivity (Wildman–Crippen MR) is 131 cm³/mol. The third kappa shape index (κ3) is 5.91. The molecule has 3 N–H and O–H groups in total. The molecular weight excluding hydrogens is 440 g/mol. The van der Waals surface area contributed by atoms with E-state index in [0.717, 1.165) is 31.0 Å². The molecule has 2 amide bonds. The van der Waals surface area contributed by atoms with Gasteiger partial charge in [0, 0.05) is 31.4 Å². The first-order chi connectivity index (χ1) is 15.6. The maximum Gasteiger partial charge on any atom is 0.341 e. The second kappa shape index (κ2) is 10.4. The number of rotatable bonds is 7. The van der Waals surface area contributed by atoms with E-state index in [0.29, 0.717) is 10.6 Å². The highest BCUT2D eigenvalue weighted by Gasteiger charge is 2.28. The Morgan fingerprint density at radius 2 is 1.85 bits per heavy atom. The summed E-state index contributed by atoms with van der Waals surface area (Å²) in [4.78, 5) is 41.9. The fraction of sp³-hybridized carbons (Fsp3) is 0.458. The molecule has 0 saturated carbocycles. The summed E-state index contributed by atoms with van der Waals surface area (Å²) < 4.78 is 5.31. The average Bonchev–Trinajstić information content (AvgIpc) is 3.04. The zero-order valence-corrected chi connectivity index (χ0v) is 20.6. The molecule has 0 bridgehead atoms. The molecule has 2 aromatic rings. The molecule has 1 aliphatic heterocycles. The smallest absolute Gasteiger partial charge is 0.341 e. The number of aryl methyl sites for hydroxylation is 1. The summed E-state index contributed by atoms with van der Waals surface area (Å²) in [5, 5.41) is 3.10. The van der Waals surface area contributed by atoms with Gasteiger partial charge in [-0.3, -0.25) is 14.5 Å². The first-order valence-corrected chi connectivity index (χ1v) is 11.9. The zero-order valence-electron chi connectivity index (χ0n) is 19.8. The van der Waals surface area contributed by atoms with Crippen LogP contribution in [0.1, 0.15) is 51.9 Å². The van der Waals surface area contributed by atoms with E-state index < -0.39 is 11.9 Å². The molecule has 9 heteroatoms. The number of thiophene rings is 1. The number of anilines is 2. The van der Waals surface area contributed by atoms with E-state index in [4.69, 9.17) is 10.5 Å². The molecule has 1 aliphatic rings. The minimum absolute atomic E-state index is 0.188. The van der Waals surface area contributed by atoms with Crippen molar-refractivity contribution in [3.05, 3.63) is 45.8 Å². The molecule has 0 aliphatic carbocycles. The van der Waals surface area contributed by atoms with Crippen molar-refractivity contribution < 1.29 is 19.1 Å². The van der Waals surface area contributed by atoms with E-state index in [1.54, 1.807) is 20.8 Å². The Morgan fingerprint density at radius 1 is 1.18 bits per heavy atom. The first-order valence-electron chi connectivity index (χ1n) is 11.1. The summed E-state index contributed by atoms with van der Waals surface area (Å²) in [7, 11) is 0. The summed E-state index contributed by atoms with van der Waals surface area (Å²) in [6.45, 7) is 11.8. The van der Waals surface area contributed by atoms with Crippen molar-refractivity contribution in [2.75, 3.05) is 36.4 Å². The van der Waals surface area contributed by atoms with Crippen molar-refractivity contribution in [1.29, 1.82) is 0 Å². The van der Waals surface area contributed by atoms with Crippen LogP contribution in [0.4, 0.5) is 10.7 Å². The molecule has 33 heavy (non-hydrogen) atoms. The highest BCUT2D eigenvalue weighted by Crippen LogP contribution is 2.34. The van der Waals surface area contributed by atoms with Gasteiger partial charge in [-0.2, -0.15) is 0 Å². The lowest BCUT2D eigenvalue weighted by molar-refractivity contribution is -0.117. The molecule has 0 unspecified atom stereocenters. The third-order valence-electron chi connectivity index (χ3n) is 5.61. The number of piperazine rings is 1. The van der Waals surface area contributed by atoms with Crippen LogP contribution in [0.2, 0.25) is 0 Å². The Kier molecular flexibility index (Phi) is 7.76. The van der Waals surface area contributed by atoms with Crippen molar-refractivity contribution in [3.63, 3.8) is 0 Å². The number of nitrogens with one attached hydrogen (secondary N) is 1. The van der Waals surface area contributed by atoms with Gasteiger partial charge >= 0.3 is 5.97 Å². The minimum Gasteiger partial charge on any atom is -0.459 e. The van der Waals surface area contributed by atoms with Crippen molar-refractivity contribution >= 4 is 39.8 Å². The van der Waals surface area contributed by atoms with Gasteiger partial charge in [0.2, 0.25) is 5.91 Å². The predicted octanol–water partition coefficient (Wildman–Crippen LogP) is 3.18. The van der Waals surface area contributed by atoms with Gasteiger partial charge in [-0.25, -0.2) is 4.79 Å². The molecule has 2 heterocycles. The molecule has 1 aromatic heterocycles. The number of nitrogens with two attached hydrogens (primary N) is 1. The molecule has 1 saturated heterocycles. The van der Waals surface area contributed by atoms with Gasteiger partial charge in [-0.05, 0) is 52.3 Å². The maximum absolute atomic E-state index is 12.8. The van der Waals surface area contributed by atoms with E-state index in [9.17, 15) is 14.4 Å². The van der Waals surface area contributed by atoms with Crippen molar-refractivity contribution in [1.82, 2.24) is 4.90 Å². The lowest BCUT2D eigenvalue weighted by atomic mass is 10.1. The summed E-state index contributed by atoms with van der Waals surface area (Å²) in [6.07, 6.45) is -0.330. The van der Waals surface area contributed by atoms with Gasteiger partial charge in [0.15, 0.2) is 0 Å². The van der Waals surface area contributed by atoms with Gasteiger partial charge in [-0.15, -0.1) is 11.3 Å². The maximum atomic E-state index is 12.8. The van der Waals surface area contributed by atoms with Gasteiger partial charge in [-0.1, -0.05) is 17.7 Å². The van der Waals surface area contributed by atoms with Crippen molar-refractivity contribution in [2.24, 2.45) is 5.73 Å². The second-order valence-electron chi connectivity index (χ2n) is 8.74. The lowest BCUT2D eigenvalue weighted by Gasteiger charge is -2.41. The average molecular weight is 473 g/mol. The fourth-order valence-corrected chi connectivity index (χ4v) is 5.08. The summed E-state index contributed by atoms with van der Waals surface area (Å²) in [6, 6.07) is 8.71. The molecular formula is C24H32N4O4S. The van der Waals surface area contributed by atoms with Crippen LogP contribution in [-0.2, 0) is 9.53 Å². The zero-order chi connectivity index (χ0) is 24.3. The number of carbonyl (C=O) groups is 3. The third-order valence-corrected chi connectivity index (χ3v) is 6.84. The van der Waals surface area contributed by atoms with Crippen LogP contribution in [-0.4, -0.2) is 61.0 Å². The van der Waals surface area contributed by atoms with Gasteiger partial charge in [0.05, 0.1) is 23.1 Å². The fourth-order valence-electron chi connectivity index (χ4n) is 4.02. The molecule has 1 aromatic carbocycles. The van der Waals surface area contributed by atoms with Crippen LogP contribution >= 0.6 is 11.3 Å². The molecule has 0 spiro atoms. The van der Waals surface area contributed by atoms with Gasteiger partial charge in [0.1, 0.15) is 5.00 Å². The number of amides is 2. The van der Waals surface area contributed by atoms with E-state index in [1.165, 1.54) is 11.3 Å². The number of carbonyl (C=O) groups excluding carboxylic acids is 3. The Bertz CT molecular complexity index is 1030. The van der Waals surface area contributed by atoms with Crippen LogP contribution in [0.25, 0.3) is 0 Å². The highest BCUT2D eigenvalue weighted by molar-refractivity contribution is 7.18. The Hall–Kier alpha value is -2.91. The SMILES string of the molecule is Cc1ccc(N2CCN(CC(=O)Nc3sc(C(N)=O)c(C)c3C(=O)OC(C)C)C[C@H]2C)cc1.